The molecule has 0 aromatic heterocycles. The summed E-state index contributed by atoms with van der Waals surface area (Å²) >= 11 is 0. The molecule has 0 aliphatic carbocycles. The lowest BCUT2D eigenvalue weighted by atomic mass is 9.92. The summed E-state index contributed by atoms with van der Waals surface area (Å²) in [7, 11) is 0. The molecule has 0 unspecified atom stereocenters. The van der Waals surface area contributed by atoms with Gasteiger partial charge in [-0.2, -0.15) is 0 Å². The van der Waals surface area contributed by atoms with Gasteiger partial charge in [0.25, 0.3) is 0 Å². The minimum Gasteiger partial charge on any atom is -0.318 e. The van der Waals surface area contributed by atoms with Gasteiger partial charge in [0.1, 0.15) is 0 Å². The van der Waals surface area contributed by atoms with E-state index in [1.54, 1.807) is 0 Å². The van der Waals surface area contributed by atoms with Crippen molar-refractivity contribution in [3.63, 3.8) is 0 Å². The van der Waals surface area contributed by atoms with Crippen LogP contribution >= 0.6 is 0 Å². The second-order valence-electron chi connectivity index (χ2n) is 3.51. The molecule has 9 heavy (non-hydrogen) atoms. The highest BCUT2D eigenvalue weighted by Gasteiger charge is 2.07. The Balaban J connectivity index is 3.07. The minimum absolute atomic E-state index is 0.433. The summed E-state index contributed by atoms with van der Waals surface area (Å²) < 4.78 is 0. The van der Waals surface area contributed by atoms with Crippen LogP contribution in [-0.2, 0) is 0 Å². The van der Waals surface area contributed by atoms with Crippen LogP contribution in [0.25, 0.3) is 0 Å². The van der Waals surface area contributed by atoms with Crippen molar-refractivity contribution < 1.29 is 0 Å². The Morgan fingerprint density at radius 3 is 2.22 bits per heavy atom. The SMILES string of the molecule is CC(C)(C)CCNCN. The fraction of sp³-hybridized carbons (Fsp3) is 1.00. The predicted molar refractivity (Wildman–Crippen MR) is 41.1 cm³/mol. The van der Waals surface area contributed by atoms with Crippen LogP contribution < -0.4 is 11.1 Å². The summed E-state index contributed by atoms with van der Waals surface area (Å²) in [6.07, 6.45) is 1.18. The van der Waals surface area contributed by atoms with Gasteiger partial charge in [-0.05, 0) is 18.4 Å². The maximum atomic E-state index is 5.25. The van der Waals surface area contributed by atoms with E-state index in [0.29, 0.717) is 12.1 Å². The zero-order valence-corrected chi connectivity index (χ0v) is 6.70. The number of hydrogen-bond donors (Lipinski definition) is 2. The normalized spacial score (nSPS) is 12.0. The van der Waals surface area contributed by atoms with Gasteiger partial charge < -0.3 is 11.1 Å². The predicted octanol–water partition coefficient (Wildman–Crippen LogP) is 0.928. The van der Waals surface area contributed by atoms with Crippen LogP contribution in [0.4, 0.5) is 0 Å². The average molecular weight is 130 g/mol. The highest BCUT2D eigenvalue weighted by atomic mass is 14.9. The molecule has 0 aromatic rings. The molecular weight excluding hydrogens is 112 g/mol. The largest absolute Gasteiger partial charge is 0.318 e. The highest BCUT2D eigenvalue weighted by Crippen LogP contribution is 2.16. The third kappa shape index (κ3) is 7.92. The van der Waals surface area contributed by atoms with Crippen molar-refractivity contribution in [1.82, 2.24) is 5.32 Å². The van der Waals surface area contributed by atoms with Gasteiger partial charge in [0.2, 0.25) is 0 Å². The van der Waals surface area contributed by atoms with E-state index in [-0.39, 0.29) is 0 Å². The zero-order valence-electron chi connectivity index (χ0n) is 6.70. The highest BCUT2D eigenvalue weighted by molar-refractivity contribution is 4.61. The van der Waals surface area contributed by atoms with E-state index in [0.717, 1.165) is 6.54 Å². The molecule has 0 atom stereocenters. The molecule has 0 saturated heterocycles. The molecule has 2 heteroatoms. The molecule has 0 amide bonds. The molecular formula is C7H18N2. The summed E-state index contributed by atoms with van der Waals surface area (Å²) in [6.45, 7) is 8.30. The van der Waals surface area contributed by atoms with Crippen LogP contribution in [0.15, 0.2) is 0 Å². The lowest BCUT2D eigenvalue weighted by Crippen LogP contribution is -2.26. The zero-order chi connectivity index (χ0) is 7.33. The van der Waals surface area contributed by atoms with E-state index in [2.05, 4.69) is 26.1 Å². The first-order valence-electron chi connectivity index (χ1n) is 3.47. The Morgan fingerprint density at radius 1 is 1.33 bits per heavy atom. The van der Waals surface area contributed by atoms with Crippen molar-refractivity contribution in [3.05, 3.63) is 0 Å². The van der Waals surface area contributed by atoms with Crippen LogP contribution in [0.1, 0.15) is 27.2 Å². The van der Waals surface area contributed by atoms with E-state index in [1.165, 1.54) is 6.42 Å². The Kier molecular flexibility index (Phi) is 3.82. The maximum absolute atomic E-state index is 5.25. The van der Waals surface area contributed by atoms with E-state index >= 15 is 0 Å². The molecule has 2 nitrogen and oxygen atoms in total. The van der Waals surface area contributed by atoms with Gasteiger partial charge in [-0.15, -0.1) is 0 Å². The van der Waals surface area contributed by atoms with Gasteiger partial charge in [0.05, 0.1) is 0 Å². The standard InChI is InChI=1S/C7H18N2/c1-7(2,3)4-5-9-6-8/h9H,4-6,8H2,1-3H3. The van der Waals surface area contributed by atoms with Crippen LogP contribution in [0.2, 0.25) is 0 Å². The number of nitrogens with two attached hydrogens (primary N) is 1. The summed E-state index contributed by atoms with van der Waals surface area (Å²) in [5.41, 5.74) is 5.68. The van der Waals surface area contributed by atoms with Crippen LogP contribution in [0, 0.1) is 5.41 Å². The van der Waals surface area contributed by atoms with Gasteiger partial charge in [-0.25, -0.2) is 0 Å². The smallest absolute Gasteiger partial charge is 0.0428 e. The molecule has 3 N–H and O–H groups in total. The number of nitrogens with one attached hydrogen (secondary N) is 1. The Morgan fingerprint density at radius 2 is 1.89 bits per heavy atom. The monoisotopic (exact) mass is 130 g/mol. The van der Waals surface area contributed by atoms with E-state index < -0.39 is 0 Å². The first kappa shape index (κ1) is 8.92. The lowest BCUT2D eigenvalue weighted by Gasteiger charge is -2.17. The fourth-order valence-electron chi connectivity index (χ4n) is 0.565. The van der Waals surface area contributed by atoms with Gasteiger partial charge in [-0.1, -0.05) is 20.8 Å². The summed E-state index contributed by atoms with van der Waals surface area (Å²) in [6, 6.07) is 0. The molecule has 0 heterocycles. The maximum Gasteiger partial charge on any atom is 0.0428 e. The number of hydrogen-bond acceptors (Lipinski definition) is 2. The van der Waals surface area contributed by atoms with Crippen molar-refractivity contribution in [3.8, 4) is 0 Å². The van der Waals surface area contributed by atoms with Crippen molar-refractivity contribution in [2.24, 2.45) is 11.1 Å². The first-order valence-corrected chi connectivity index (χ1v) is 3.47. The van der Waals surface area contributed by atoms with Crippen molar-refractivity contribution >= 4 is 0 Å². The van der Waals surface area contributed by atoms with Crippen LogP contribution in [0.5, 0.6) is 0 Å². The minimum atomic E-state index is 0.433. The van der Waals surface area contributed by atoms with Gasteiger partial charge in [0.15, 0.2) is 0 Å². The molecule has 0 radical (unpaired) electrons. The van der Waals surface area contributed by atoms with Gasteiger partial charge >= 0.3 is 0 Å². The number of rotatable bonds is 3. The van der Waals surface area contributed by atoms with Gasteiger partial charge in [0, 0.05) is 6.67 Å². The van der Waals surface area contributed by atoms with Crippen LogP contribution in [0.3, 0.4) is 0 Å². The van der Waals surface area contributed by atoms with Gasteiger partial charge in [-0.3, -0.25) is 0 Å². The molecule has 0 fully saturated rings. The Hall–Kier alpha value is -0.0800. The third-order valence-corrected chi connectivity index (χ3v) is 1.20. The first-order chi connectivity index (χ1) is 4.06. The van der Waals surface area contributed by atoms with E-state index in [9.17, 15) is 0 Å². The topological polar surface area (TPSA) is 38.0 Å². The molecule has 0 bridgehead atoms. The second kappa shape index (κ2) is 3.85. The molecule has 0 aliphatic heterocycles. The van der Waals surface area contributed by atoms with Crippen molar-refractivity contribution in [2.75, 3.05) is 13.2 Å². The van der Waals surface area contributed by atoms with E-state index in [1.807, 2.05) is 0 Å². The summed E-state index contributed by atoms with van der Waals surface area (Å²) in [4.78, 5) is 0. The molecule has 0 rings (SSSR count). The fourth-order valence-corrected chi connectivity index (χ4v) is 0.565. The Labute approximate surface area is 57.8 Å². The van der Waals surface area contributed by atoms with Crippen molar-refractivity contribution in [1.29, 1.82) is 0 Å². The molecule has 0 aliphatic rings. The molecule has 0 aromatic carbocycles. The third-order valence-electron chi connectivity index (χ3n) is 1.20. The average Bonchev–Trinajstić information content (AvgIpc) is 1.63. The lowest BCUT2D eigenvalue weighted by molar-refractivity contribution is 0.368. The quantitative estimate of drug-likeness (QED) is 0.440. The summed E-state index contributed by atoms with van der Waals surface area (Å²) in [5, 5.41) is 3.08. The Bertz CT molecular complexity index is 63.8. The molecule has 56 valence electrons. The molecule has 0 spiro atoms. The van der Waals surface area contributed by atoms with Crippen LogP contribution in [-0.4, -0.2) is 13.2 Å². The van der Waals surface area contributed by atoms with E-state index in [4.69, 9.17) is 5.73 Å². The molecule has 0 saturated carbocycles. The summed E-state index contributed by atoms with van der Waals surface area (Å²) in [5.74, 6) is 0. The van der Waals surface area contributed by atoms with Crippen molar-refractivity contribution in [2.45, 2.75) is 27.2 Å². The second-order valence-corrected chi connectivity index (χ2v) is 3.51.